The second-order valence-corrected chi connectivity index (χ2v) is 5.03. The fourth-order valence-corrected chi connectivity index (χ4v) is 2.64. The van der Waals surface area contributed by atoms with Crippen molar-refractivity contribution in [3.8, 4) is 11.4 Å². The first kappa shape index (κ1) is 12.1. The van der Waals surface area contributed by atoms with Gasteiger partial charge in [0.2, 0.25) is 0 Å². The van der Waals surface area contributed by atoms with Crippen molar-refractivity contribution in [1.29, 1.82) is 0 Å². The van der Waals surface area contributed by atoms with Crippen LogP contribution in [0.3, 0.4) is 0 Å². The summed E-state index contributed by atoms with van der Waals surface area (Å²) in [7, 11) is 0. The maximum absolute atomic E-state index is 12.9. The summed E-state index contributed by atoms with van der Waals surface area (Å²) in [6, 6.07) is 8.06. The first-order valence-corrected chi connectivity index (χ1v) is 6.63. The molecule has 1 heterocycles. The Labute approximate surface area is 111 Å². The van der Waals surface area contributed by atoms with Crippen molar-refractivity contribution in [2.45, 2.75) is 31.6 Å². The van der Waals surface area contributed by atoms with Crippen molar-refractivity contribution in [1.82, 2.24) is 9.97 Å². The summed E-state index contributed by atoms with van der Waals surface area (Å²) in [6.45, 7) is 0. The number of benzene rings is 1. The molecule has 3 rings (SSSR count). The Hall–Kier alpha value is -1.97. The molecule has 98 valence electrons. The summed E-state index contributed by atoms with van der Waals surface area (Å²) in [5, 5.41) is 0. The van der Waals surface area contributed by atoms with Crippen LogP contribution in [0, 0.1) is 5.82 Å². The third-order valence-corrected chi connectivity index (χ3v) is 3.64. The van der Waals surface area contributed by atoms with Crippen LogP contribution in [-0.2, 0) is 0 Å². The van der Waals surface area contributed by atoms with E-state index in [1.807, 2.05) is 6.07 Å². The predicted octanol–water partition coefficient (Wildman–Crippen LogP) is 3.52. The summed E-state index contributed by atoms with van der Waals surface area (Å²) >= 11 is 0. The van der Waals surface area contributed by atoms with Gasteiger partial charge in [0.05, 0.1) is 0 Å². The zero-order valence-electron chi connectivity index (χ0n) is 10.6. The normalized spacial score (nSPS) is 15.8. The van der Waals surface area contributed by atoms with Gasteiger partial charge in [-0.2, -0.15) is 0 Å². The molecule has 4 heteroatoms. The molecule has 0 bridgehead atoms. The van der Waals surface area contributed by atoms with Crippen LogP contribution < -0.4 is 5.73 Å². The molecule has 0 saturated heterocycles. The van der Waals surface area contributed by atoms with Crippen LogP contribution in [0.1, 0.15) is 37.3 Å². The number of rotatable bonds is 2. The number of aromatic nitrogens is 2. The van der Waals surface area contributed by atoms with E-state index in [1.165, 1.54) is 37.8 Å². The van der Waals surface area contributed by atoms with Crippen molar-refractivity contribution in [2.24, 2.45) is 0 Å². The van der Waals surface area contributed by atoms with Gasteiger partial charge < -0.3 is 5.73 Å². The van der Waals surface area contributed by atoms with Gasteiger partial charge in [0.1, 0.15) is 11.6 Å². The van der Waals surface area contributed by atoms with Crippen molar-refractivity contribution >= 4 is 5.82 Å². The molecule has 1 aliphatic rings. The third kappa shape index (κ3) is 2.57. The van der Waals surface area contributed by atoms with Gasteiger partial charge in [-0.1, -0.05) is 12.8 Å². The van der Waals surface area contributed by atoms with Crippen LogP contribution in [0.15, 0.2) is 30.3 Å². The van der Waals surface area contributed by atoms with Gasteiger partial charge in [0.25, 0.3) is 0 Å². The largest absolute Gasteiger partial charge is 0.384 e. The van der Waals surface area contributed by atoms with Crippen LogP contribution in [0.4, 0.5) is 10.2 Å². The van der Waals surface area contributed by atoms with Gasteiger partial charge in [-0.3, -0.25) is 0 Å². The highest BCUT2D eigenvalue weighted by Gasteiger charge is 2.19. The molecule has 1 aliphatic carbocycles. The standard InChI is InChI=1S/C15H16FN3/c16-12-7-5-11(6-8-12)15-18-13(9-14(17)19-15)10-3-1-2-4-10/h5-10H,1-4H2,(H2,17,18,19). The van der Waals surface area contributed by atoms with E-state index >= 15 is 0 Å². The quantitative estimate of drug-likeness (QED) is 0.895. The fourth-order valence-electron chi connectivity index (χ4n) is 2.64. The number of nitrogens with two attached hydrogens (primary N) is 1. The molecule has 1 aromatic heterocycles. The Bertz CT molecular complexity index is 574. The Kier molecular flexibility index (Phi) is 3.15. The molecule has 0 unspecified atom stereocenters. The molecule has 1 aromatic carbocycles. The average Bonchev–Trinajstić information content (AvgIpc) is 2.93. The third-order valence-electron chi connectivity index (χ3n) is 3.64. The zero-order chi connectivity index (χ0) is 13.2. The minimum atomic E-state index is -0.260. The number of hydrogen-bond donors (Lipinski definition) is 1. The Morgan fingerprint density at radius 2 is 1.74 bits per heavy atom. The molecule has 0 spiro atoms. The highest BCUT2D eigenvalue weighted by Crippen LogP contribution is 2.34. The number of halogens is 1. The van der Waals surface area contributed by atoms with Crippen molar-refractivity contribution in [2.75, 3.05) is 5.73 Å². The SMILES string of the molecule is Nc1cc(C2CCCC2)nc(-c2ccc(F)cc2)n1. The van der Waals surface area contributed by atoms with E-state index in [9.17, 15) is 4.39 Å². The van der Waals surface area contributed by atoms with E-state index in [0.717, 1.165) is 11.3 Å². The first-order valence-electron chi connectivity index (χ1n) is 6.63. The van der Waals surface area contributed by atoms with E-state index < -0.39 is 0 Å². The summed E-state index contributed by atoms with van der Waals surface area (Å²) < 4.78 is 12.9. The van der Waals surface area contributed by atoms with Crippen LogP contribution in [0.2, 0.25) is 0 Å². The van der Waals surface area contributed by atoms with Crippen LogP contribution >= 0.6 is 0 Å². The molecular formula is C15H16FN3. The minimum absolute atomic E-state index is 0.260. The number of nitrogens with zero attached hydrogens (tertiary/aromatic N) is 2. The molecule has 19 heavy (non-hydrogen) atoms. The number of anilines is 1. The molecule has 2 N–H and O–H groups in total. The summed E-state index contributed by atoms with van der Waals surface area (Å²) in [4.78, 5) is 8.85. The van der Waals surface area contributed by atoms with Crippen molar-refractivity contribution < 1.29 is 4.39 Å². The Balaban J connectivity index is 1.99. The van der Waals surface area contributed by atoms with Gasteiger partial charge in [-0.25, -0.2) is 14.4 Å². The monoisotopic (exact) mass is 257 g/mol. The lowest BCUT2D eigenvalue weighted by molar-refractivity contribution is 0.628. The van der Waals surface area contributed by atoms with Crippen LogP contribution in [0.25, 0.3) is 11.4 Å². The predicted molar refractivity (Wildman–Crippen MR) is 73.0 cm³/mol. The second-order valence-electron chi connectivity index (χ2n) is 5.03. The van der Waals surface area contributed by atoms with E-state index in [0.29, 0.717) is 17.6 Å². The van der Waals surface area contributed by atoms with E-state index in [4.69, 9.17) is 5.73 Å². The molecule has 1 saturated carbocycles. The van der Waals surface area contributed by atoms with E-state index in [2.05, 4.69) is 9.97 Å². The maximum Gasteiger partial charge on any atom is 0.161 e. The summed E-state index contributed by atoms with van der Waals surface area (Å²) in [6.07, 6.45) is 4.83. The lowest BCUT2D eigenvalue weighted by atomic mass is 10.0. The van der Waals surface area contributed by atoms with Gasteiger partial charge >= 0.3 is 0 Å². The summed E-state index contributed by atoms with van der Waals surface area (Å²) in [5.74, 6) is 1.30. The minimum Gasteiger partial charge on any atom is -0.384 e. The van der Waals surface area contributed by atoms with Crippen molar-refractivity contribution in [3.05, 3.63) is 41.8 Å². The molecule has 3 nitrogen and oxygen atoms in total. The first-order chi connectivity index (χ1) is 9.22. The second kappa shape index (κ2) is 4.96. The fraction of sp³-hybridized carbons (Fsp3) is 0.333. The van der Waals surface area contributed by atoms with Gasteiger partial charge in [0.15, 0.2) is 5.82 Å². The summed E-state index contributed by atoms with van der Waals surface area (Å²) in [5.41, 5.74) is 7.69. The Morgan fingerprint density at radius 1 is 1.05 bits per heavy atom. The van der Waals surface area contributed by atoms with Crippen LogP contribution in [-0.4, -0.2) is 9.97 Å². The highest BCUT2D eigenvalue weighted by molar-refractivity contribution is 5.57. The van der Waals surface area contributed by atoms with Gasteiger partial charge in [-0.05, 0) is 37.1 Å². The topological polar surface area (TPSA) is 51.8 Å². The lowest BCUT2D eigenvalue weighted by Crippen LogP contribution is -2.03. The molecule has 0 radical (unpaired) electrons. The molecule has 2 aromatic rings. The lowest BCUT2D eigenvalue weighted by Gasteiger charge is -2.11. The molecular weight excluding hydrogens is 241 g/mol. The van der Waals surface area contributed by atoms with Crippen LogP contribution in [0.5, 0.6) is 0 Å². The average molecular weight is 257 g/mol. The smallest absolute Gasteiger partial charge is 0.161 e. The van der Waals surface area contributed by atoms with E-state index in [1.54, 1.807) is 12.1 Å². The molecule has 0 amide bonds. The Morgan fingerprint density at radius 3 is 2.42 bits per heavy atom. The molecule has 1 fully saturated rings. The van der Waals surface area contributed by atoms with Crippen molar-refractivity contribution in [3.63, 3.8) is 0 Å². The number of nitrogen functional groups attached to an aromatic ring is 1. The van der Waals surface area contributed by atoms with E-state index in [-0.39, 0.29) is 5.82 Å². The highest BCUT2D eigenvalue weighted by atomic mass is 19.1. The number of hydrogen-bond acceptors (Lipinski definition) is 3. The van der Waals surface area contributed by atoms with Gasteiger partial charge in [0, 0.05) is 23.2 Å². The maximum atomic E-state index is 12.9. The molecule has 0 atom stereocenters. The molecule has 0 aliphatic heterocycles. The van der Waals surface area contributed by atoms with Gasteiger partial charge in [-0.15, -0.1) is 0 Å². The zero-order valence-corrected chi connectivity index (χ0v) is 10.6.